The largest absolute Gasteiger partial charge is 0.466 e. The second-order valence-electron chi connectivity index (χ2n) is 7.27. The number of nitrogens with one attached hydrogen (secondary N) is 1. The third-order valence-corrected chi connectivity index (χ3v) is 5.43. The van der Waals surface area contributed by atoms with Crippen LogP contribution in [0, 0.1) is 5.92 Å². The Hall–Kier alpha value is -1.84. The molecule has 2 aliphatic heterocycles. The van der Waals surface area contributed by atoms with Gasteiger partial charge in [-0.15, -0.1) is 24.0 Å². The van der Waals surface area contributed by atoms with E-state index in [1.54, 1.807) is 7.05 Å². The number of aliphatic imine (C=N–C) groups is 1. The van der Waals surface area contributed by atoms with Crippen LogP contribution in [-0.4, -0.2) is 67.5 Å². The van der Waals surface area contributed by atoms with Crippen LogP contribution >= 0.6 is 24.0 Å². The van der Waals surface area contributed by atoms with Gasteiger partial charge in [-0.3, -0.25) is 14.6 Å². The molecule has 0 bridgehead atoms. The lowest BCUT2D eigenvalue weighted by Crippen LogP contribution is -2.51. The lowest BCUT2D eigenvalue weighted by molar-refractivity contribution is -0.149. The number of piperidine rings is 1. The van der Waals surface area contributed by atoms with Crippen LogP contribution < -0.4 is 5.32 Å². The molecule has 160 valence electrons. The first-order chi connectivity index (χ1) is 13.6. The monoisotopic (exact) mass is 514 g/mol. The third-order valence-electron chi connectivity index (χ3n) is 5.43. The van der Waals surface area contributed by atoms with E-state index < -0.39 is 0 Å². The topological polar surface area (TPSA) is 74.2 Å². The van der Waals surface area contributed by atoms with E-state index in [9.17, 15) is 9.59 Å². The fourth-order valence-corrected chi connectivity index (χ4v) is 3.93. The van der Waals surface area contributed by atoms with E-state index in [0.717, 1.165) is 32.4 Å². The summed E-state index contributed by atoms with van der Waals surface area (Å²) in [6.07, 6.45) is 2.63. The molecular weight excluding hydrogens is 483 g/mol. The molecule has 0 aliphatic carbocycles. The smallest absolute Gasteiger partial charge is 0.310 e. The Kier molecular flexibility index (Phi) is 9.19. The van der Waals surface area contributed by atoms with Crippen molar-refractivity contribution < 1.29 is 14.3 Å². The standard InChI is InChI=1S/C21H30N4O3.HI/c1-3-28-20(27)18-9-6-11-25(15-18)21(22-2)23-13-19(26)24-12-10-16-7-4-5-8-17(16)14-24;/h4-5,7-8,18H,3,6,9-15H2,1-2H3,(H,22,23);1H/t18-;/m1./s1. The molecule has 7 nitrogen and oxygen atoms in total. The maximum Gasteiger partial charge on any atom is 0.310 e. The van der Waals surface area contributed by atoms with E-state index in [1.165, 1.54) is 11.1 Å². The van der Waals surface area contributed by atoms with Crippen molar-refractivity contribution in [2.24, 2.45) is 10.9 Å². The Labute approximate surface area is 189 Å². The summed E-state index contributed by atoms with van der Waals surface area (Å²) in [7, 11) is 1.71. The fourth-order valence-electron chi connectivity index (χ4n) is 3.93. The van der Waals surface area contributed by atoms with Gasteiger partial charge in [-0.1, -0.05) is 24.3 Å². The van der Waals surface area contributed by atoms with Gasteiger partial charge in [0.2, 0.25) is 5.91 Å². The first-order valence-corrected chi connectivity index (χ1v) is 10.1. The second-order valence-corrected chi connectivity index (χ2v) is 7.27. The van der Waals surface area contributed by atoms with E-state index in [-0.39, 0.29) is 48.3 Å². The molecule has 29 heavy (non-hydrogen) atoms. The summed E-state index contributed by atoms with van der Waals surface area (Å²) in [5, 5.41) is 3.18. The zero-order valence-electron chi connectivity index (χ0n) is 17.2. The Morgan fingerprint density at radius 1 is 1.21 bits per heavy atom. The molecule has 1 aromatic carbocycles. The highest BCUT2D eigenvalue weighted by Gasteiger charge is 2.29. The van der Waals surface area contributed by atoms with Crippen molar-refractivity contribution in [2.45, 2.75) is 32.7 Å². The molecule has 1 amide bonds. The van der Waals surface area contributed by atoms with E-state index >= 15 is 0 Å². The molecular formula is C21H31IN4O3. The zero-order valence-corrected chi connectivity index (χ0v) is 19.6. The number of carbonyl (C=O) groups is 2. The maximum absolute atomic E-state index is 12.7. The molecule has 0 spiro atoms. The molecule has 1 saturated heterocycles. The van der Waals surface area contributed by atoms with Gasteiger partial charge in [0.25, 0.3) is 0 Å². The van der Waals surface area contributed by atoms with Crippen LogP contribution in [-0.2, 0) is 27.3 Å². The average molecular weight is 514 g/mol. The number of guanidine groups is 1. The molecule has 0 saturated carbocycles. The number of halogens is 1. The van der Waals surface area contributed by atoms with Crippen molar-refractivity contribution in [1.29, 1.82) is 0 Å². The van der Waals surface area contributed by atoms with Gasteiger partial charge in [-0.25, -0.2) is 0 Å². The van der Waals surface area contributed by atoms with Gasteiger partial charge in [0.15, 0.2) is 5.96 Å². The fraction of sp³-hybridized carbons (Fsp3) is 0.571. The molecule has 1 aromatic rings. The first kappa shape index (κ1) is 23.4. The SMILES string of the molecule is CCOC(=O)[C@@H]1CCCN(C(=NC)NCC(=O)N2CCc3ccccc3C2)C1.I. The van der Waals surface area contributed by atoms with Gasteiger partial charge >= 0.3 is 5.97 Å². The number of benzene rings is 1. The molecule has 0 radical (unpaired) electrons. The average Bonchev–Trinajstić information content (AvgIpc) is 2.74. The molecule has 2 aliphatic rings. The summed E-state index contributed by atoms with van der Waals surface area (Å²) in [6, 6.07) is 8.28. The van der Waals surface area contributed by atoms with E-state index in [1.807, 2.05) is 28.9 Å². The van der Waals surface area contributed by atoms with Crippen molar-refractivity contribution in [2.75, 3.05) is 39.8 Å². The molecule has 1 N–H and O–H groups in total. The number of nitrogens with zero attached hydrogens (tertiary/aromatic N) is 3. The summed E-state index contributed by atoms with van der Waals surface area (Å²) in [4.78, 5) is 33.0. The summed E-state index contributed by atoms with van der Waals surface area (Å²) in [5.74, 6) is 0.446. The number of hydrogen-bond donors (Lipinski definition) is 1. The number of esters is 1. The normalized spacial score (nSPS) is 19.1. The lowest BCUT2D eigenvalue weighted by atomic mass is 9.98. The zero-order chi connectivity index (χ0) is 19.9. The molecule has 8 heteroatoms. The van der Waals surface area contributed by atoms with Crippen molar-refractivity contribution >= 4 is 41.8 Å². The van der Waals surface area contributed by atoms with Crippen molar-refractivity contribution in [3.05, 3.63) is 35.4 Å². The van der Waals surface area contributed by atoms with E-state index in [4.69, 9.17) is 4.74 Å². The van der Waals surface area contributed by atoms with Crippen molar-refractivity contribution in [3.8, 4) is 0 Å². The molecule has 1 atom stereocenters. The number of amides is 1. The second kappa shape index (κ2) is 11.4. The van der Waals surface area contributed by atoms with Crippen LogP contribution in [0.2, 0.25) is 0 Å². The lowest BCUT2D eigenvalue weighted by Gasteiger charge is -2.34. The Morgan fingerprint density at radius 2 is 1.97 bits per heavy atom. The summed E-state index contributed by atoms with van der Waals surface area (Å²) < 4.78 is 5.16. The minimum atomic E-state index is -0.147. The predicted octanol–water partition coefficient (Wildman–Crippen LogP) is 2.04. The van der Waals surface area contributed by atoms with Crippen LogP contribution in [0.15, 0.2) is 29.3 Å². The van der Waals surface area contributed by atoms with E-state index in [0.29, 0.717) is 25.7 Å². The van der Waals surface area contributed by atoms with Crippen LogP contribution in [0.5, 0.6) is 0 Å². The van der Waals surface area contributed by atoms with E-state index in [2.05, 4.69) is 22.4 Å². The highest BCUT2D eigenvalue weighted by molar-refractivity contribution is 14.0. The Balaban J connectivity index is 0.00000300. The quantitative estimate of drug-likeness (QED) is 0.288. The van der Waals surface area contributed by atoms with Gasteiger partial charge in [0.05, 0.1) is 19.1 Å². The molecule has 2 heterocycles. The van der Waals surface area contributed by atoms with Crippen molar-refractivity contribution in [1.82, 2.24) is 15.1 Å². The van der Waals surface area contributed by atoms with Gasteiger partial charge in [-0.2, -0.15) is 0 Å². The molecule has 3 rings (SSSR count). The van der Waals surface area contributed by atoms with Gasteiger partial charge in [0, 0.05) is 33.2 Å². The number of hydrogen-bond acceptors (Lipinski definition) is 4. The first-order valence-electron chi connectivity index (χ1n) is 10.1. The Bertz CT molecular complexity index is 740. The minimum Gasteiger partial charge on any atom is -0.466 e. The molecule has 0 unspecified atom stereocenters. The number of likely N-dealkylation sites (tertiary alicyclic amines) is 1. The highest BCUT2D eigenvalue weighted by Crippen LogP contribution is 2.19. The third kappa shape index (κ3) is 6.07. The van der Waals surface area contributed by atoms with Gasteiger partial charge < -0.3 is 19.9 Å². The van der Waals surface area contributed by atoms with Crippen LogP contribution in [0.4, 0.5) is 0 Å². The number of fused-ring (bicyclic) bond motifs is 1. The van der Waals surface area contributed by atoms with Gasteiger partial charge in [0.1, 0.15) is 0 Å². The minimum absolute atomic E-state index is 0. The summed E-state index contributed by atoms with van der Waals surface area (Å²) >= 11 is 0. The summed E-state index contributed by atoms with van der Waals surface area (Å²) in [5.41, 5.74) is 2.55. The van der Waals surface area contributed by atoms with Crippen LogP contribution in [0.1, 0.15) is 30.9 Å². The predicted molar refractivity (Wildman–Crippen MR) is 123 cm³/mol. The number of ether oxygens (including phenoxy) is 1. The molecule has 1 fully saturated rings. The summed E-state index contributed by atoms with van der Waals surface area (Å²) in [6.45, 7) is 5.22. The number of carbonyl (C=O) groups excluding carboxylic acids is 2. The maximum atomic E-state index is 12.7. The molecule has 0 aromatic heterocycles. The van der Waals surface area contributed by atoms with Crippen molar-refractivity contribution in [3.63, 3.8) is 0 Å². The van der Waals surface area contributed by atoms with Gasteiger partial charge in [-0.05, 0) is 37.3 Å². The highest BCUT2D eigenvalue weighted by atomic mass is 127. The number of rotatable bonds is 4. The van der Waals surface area contributed by atoms with Crippen LogP contribution in [0.3, 0.4) is 0 Å². The van der Waals surface area contributed by atoms with Crippen LogP contribution in [0.25, 0.3) is 0 Å². The Morgan fingerprint density at radius 3 is 2.69 bits per heavy atom.